The second-order valence-corrected chi connectivity index (χ2v) is 7.71. The molecule has 10 nitrogen and oxygen atoms in total. The van der Waals surface area contributed by atoms with Gasteiger partial charge in [-0.25, -0.2) is 9.78 Å². The lowest BCUT2D eigenvalue weighted by molar-refractivity contribution is -0.138. The molecule has 2 aromatic rings. The summed E-state index contributed by atoms with van der Waals surface area (Å²) in [4.78, 5) is 40.4. The number of amides is 3. The standard InChI is InChI=1S/C19H19F3N8O2/c20-19(21,22)9-25-16(31)12-1-2-13-15(26-12)30(11-4-6-29(13)8-11)18(32)28-17-24-7-10-3-5-23-14(10)27-17/h1-3,5,7,11-12,26H,4,6,8-9H2,(H,25,31)(H2,23,24,27,28,32)/t11-,12?/m0/s1. The molecule has 3 amide bonds. The molecule has 0 saturated carbocycles. The highest BCUT2D eigenvalue weighted by Crippen LogP contribution is 2.33. The molecule has 13 heteroatoms. The van der Waals surface area contributed by atoms with Gasteiger partial charge in [0.1, 0.15) is 24.1 Å². The Morgan fingerprint density at radius 1 is 1.31 bits per heavy atom. The minimum absolute atomic E-state index is 0.110. The summed E-state index contributed by atoms with van der Waals surface area (Å²) < 4.78 is 37.4. The number of hydrogen-bond donors (Lipinski definition) is 4. The number of carbonyl (C=O) groups is 2. The van der Waals surface area contributed by atoms with E-state index in [1.807, 2.05) is 5.32 Å². The molecule has 0 radical (unpaired) electrons. The summed E-state index contributed by atoms with van der Waals surface area (Å²) >= 11 is 0. The number of aromatic amines is 1. The monoisotopic (exact) mass is 448 g/mol. The number of alkyl halides is 3. The first kappa shape index (κ1) is 20.2. The first-order valence-electron chi connectivity index (χ1n) is 9.97. The zero-order chi connectivity index (χ0) is 22.5. The van der Waals surface area contributed by atoms with E-state index >= 15 is 0 Å². The summed E-state index contributed by atoms with van der Waals surface area (Å²) in [6, 6.07) is 0.0996. The number of hydrogen-bond acceptors (Lipinski definition) is 6. The van der Waals surface area contributed by atoms with Gasteiger partial charge in [0.25, 0.3) is 0 Å². The molecule has 0 spiro atoms. The Kier molecular flexibility index (Phi) is 4.68. The molecule has 168 valence electrons. The second-order valence-electron chi connectivity index (χ2n) is 7.71. The van der Waals surface area contributed by atoms with Crippen LogP contribution in [-0.2, 0) is 4.79 Å². The number of anilines is 1. The smallest absolute Gasteiger partial charge is 0.366 e. The van der Waals surface area contributed by atoms with Gasteiger partial charge in [0, 0.05) is 30.9 Å². The number of urea groups is 1. The Bertz CT molecular complexity index is 1140. The molecule has 32 heavy (non-hydrogen) atoms. The van der Waals surface area contributed by atoms with Crippen LogP contribution in [-0.4, -0.2) is 74.6 Å². The second kappa shape index (κ2) is 7.43. The maximum Gasteiger partial charge on any atom is 0.405 e. The molecule has 4 N–H and O–H groups in total. The predicted molar refractivity (Wildman–Crippen MR) is 107 cm³/mol. The molecule has 0 aromatic carbocycles. The van der Waals surface area contributed by atoms with Gasteiger partial charge in [-0.2, -0.15) is 18.2 Å². The molecular formula is C19H19F3N8O2. The van der Waals surface area contributed by atoms with Crippen molar-refractivity contribution in [1.82, 2.24) is 35.4 Å². The molecule has 1 fully saturated rings. The van der Waals surface area contributed by atoms with Gasteiger partial charge in [0.05, 0.1) is 11.7 Å². The number of rotatable bonds is 3. The van der Waals surface area contributed by atoms with Crippen LogP contribution in [0, 0.1) is 0 Å². The van der Waals surface area contributed by atoms with Crippen molar-refractivity contribution < 1.29 is 22.8 Å². The summed E-state index contributed by atoms with van der Waals surface area (Å²) in [5.74, 6) is -0.357. The van der Waals surface area contributed by atoms with Gasteiger partial charge in [0.15, 0.2) is 0 Å². The lowest BCUT2D eigenvalue weighted by atomic mass is 10.1. The number of halogens is 3. The fraction of sp³-hybridized carbons (Fsp3) is 0.368. The molecule has 3 aliphatic heterocycles. The van der Waals surface area contributed by atoms with Gasteiger partial charge in [-0.05, 0) is 18.6 Å². The van der Waals surface area contributed by atoms with Crippen molar-refractivity contribution in [3.05, 3.63) is 42.1 Å². The van der Waals surface area contributed by atoms with Gasteiger partial charge >= 0.3 is 12.2 Å². The lowest BCUT2D eigenvalue weighted by Crippen LogP contribution is -2.56. The molecule has 1 saturated heterocycles. The van der Waals surface area contributed by atoms with E-state index in [1.54, 1.807) is 24.5 Å². The first-order chi connectivity index (χ1) is 15.3. The van der Waals surface area contributed by atoms with Crippen molar-refractivity contribution in [2.45, 2.75) is 24.7 Å². The zero-order valence-electron chi connectivity index (χ0n) is 16.6. The number of fused-ring (bicyclic) bond motifs is 4. The van der Waals surface area contributed by atoms with E-state index in [0.717, 1.165) is 11.9 Å². The number of nitrogens with one attached hydrogen (secondary N) is 4. The summed E-state index contributed by atoms with van der Waals surface area (Å²) in [5, 5.41) is 8.26. The third-order valence-electron chi connectivity index (χ3n) is 5.57. The Labute approximate surface area is 179 Å². The van der Waals surface area contributed by atoms with Crippen molar-refractivity contribution in [3.63, 3.8) is 0 Å². The average molecular weight is 448 g/mol. The molecule has 5 heterocycles. The molecule has 5 rings (SSSR count). The number of dihydropyridines is 1. The van der Waals surface area contributed by atoms with E-state index in [0.29, 0.717) is 30.1 Å². The highest BCUT2D eigenvalue weighted by molar-refractivity contribution is 5.91. The zero-order valence-corrected chi connectivity index (χ0v) is 16.6. The topological polar surface area (TPSA) is 118 Å². The fourth-order valence-electron chi connectivity index (χ4n) is 4.11. The van der Waals surface area contributed by atoms with Crippen LogP contribution in [0.25, 0.3) is 11.0 Å². The van der Waals surface area contributed by atoms with Crippen LogP contribution in [0.3, 0.4) is 0 Å². The predicted octanol–water partition coefficient (Wildman–Crippen LogP) is 1.26. The van der Waals surface area contributed by atoms with Crippen LogP contribution in [0.5, 0.6) is 0 Å². The summed E-state index contributed by atoms with van der Waals surface area (Å²) in [6.45, 7) is -0.101. The minimum atomic E-state index is -4.51. The normalized spacial score (nSPS) is 22.1. The van der Waals surface area contributed by atoms with Crippen LogP contribution in [0.4, 0.5) is 23.9 Å². The maximum atomic E-state index is 13.2. The molecular weight excluding hydrogens is 429 g/mol. The maximum absolute atomic E-state index is 13.2. The number of aromatic nitrogens is 3. The van der Waals surface area contributed by atoms with E-state index in [2.05, 4.69) is 30.5 Å². The number of nitrogens with zero attached hydrogens (tertiary/aromatic N) is 4. The molecule has 1 unspecified atom stereocenters. The third kappa shape index (κ3) is 3.69. The Hall–Kier alpha value is -3.77. The van der Waals surface area contributed by atoms with E-state index in [9.17, 15) is 22.8 Å². The SMILES string of the molecule is O=C(NCC(F)(F)F)C1C=CC2=C(N1)N(C(=O)Nc1ncc3cc[nH]c3n1)[C@H]1CCN2C1. The van der Waals surface area contributed by atoms with E-state index in [4.69, 9.17) is 0 Å². The minimum Gasteiger partial charge on any atom is -0.366 e. The molecule has 2 aromatic heterocycles. The van der Waals surface area contributed by atoms with Gasteiger partial charge < -0.3 is 20.5 Å². The lowest BCUT2D eigenvalue weighted by Gasteiger charge is -2.40. The Morgan fingerprint density at radius 2 is 2.16 bits per heavy atom. The fourth-order valence-corrected chi connectivity index (χ4v) is 4.11. The van der Waals surface area contributed by atoms with Crippen molar-refractivity contribution in [1.29, 1.82) is 0 Å². The van der Waals surface area contributed by atoms with Crippen LogP contribution < -0.4 is 16.0 Å². The van der Waals surface area contributed by atoms with E-state index in [-0.39, 0.29) is 12.0 Å². The Morgan fingerprint density at radius 3 is 2.97 bits per heavy atom. The van der Waals surface area contributed by atoms with E-state index in [1.165, 1.54) is 11.0 Å². The number of allylic oxidation sites excluding steroid dienone is 1. The van der Waals surface area contributed by atoms with Gasteiger partial charge in [-0.15, -0.1) is 0 Å². The van der Waals surface area contributed by atoms with Gasteiger partial charge in [-0.1, -0.05) is 6.08 Å². The third-order valence-corrected chi connectivity index (χ3v) is 5.57. The van der Waals surface area contributed by atoms with Crippen LogP contribution >= 0.6 is 0 Å². The number of H-pyrrole nitrogens is 1. The molecule has 2 atom stereocenters. The summed E-state index contributed by atoms with van der Waals surface area (Å²) in [6.07, 6.45) is 2.63. The van der Waals surface area contributed by atoms with Crippen molar-refractivity contribution in [3.8, 4) is 0 Å². The summed E-state index contributed by atoms with van der Waals surface area (Å²) in [7, 11) is 0. The van der Waals surface area contributed by atoms with Crippen LogP contribution in [0.1, 0.15) is 6.42 Å². The largest absolute Gasteiger partial charge is 0.405 e. The van der Waals surface area contributed by atoms with Crippen molar-refractivity contribution in [2.75, 3.05) is 25.0 Å². The molecule has 3 aliphatic rings. The highest BCUT2D eigenvalue weighted by Gasteiger charge is 2.43. The van der Waals surface area contributed by atoms with Crippen LogP contribution in [0.15, 0.2) is 42.1 Å². The van der Waals surface area contributed by atoms with Crippen LogP contribution in [0.2, 0.25) is 0 Å². The summed E-state index contributed by atoms with van der Waals surface area (Å²) in [5.41, 5.74) is 1.27. The Balaban J connectivity index is 1.36. The highest BCUT2D eigenvalue weighted by atomic mass is 19.4. The first-order valence-corrected chi connectivity index (χ1v) is 9.97. The van der Waals surface area contributed by atoms with Crippen molar-refractivity contribution >= 4 is 28.9 Å². The van der Waals surface area contributed by atoms with Crippen molar-refractivity contribution in [2.24, 2.45) is 0 Å². The average Bonchev–Trinajstić information content (AvgIpc) is 3.38. The quantitative estimate of drug-likeness (QED) is 0.562. The van der Waals surface area contributed by atoms with Gasteiger partial charge in [0.2, 0.25) is 11.9 Å². The number of carbonyl (C=O) groups excluding carboxylic acids is 2. The molecule has 2 bridgehead atoms. The van der Waals surface area contributed by atoms with Gasteiger partial charge in [-0.3, -0.25) is 15.0 Å². The van der Waals surface area contributed by atoms with E-state index < -0.39 is 30.7 Å². The molecule has 0 aliphatic carbocycles.